The Morgan fingerprint density at radius 1 is 1.47 bits per heavy atom. The van der Waals surface area contributed by atoms with E-state index in [1.165, 1.54) is 13.0 Å². The highest BCUT2D eigenvalue weighted by Gasteiger charge is 2.52. The van der Waals surface area contributed by atoms with E-state index in [0.717, 1.165) is 4.90 Å². The van der Waals surface area contributed by atoms with Crippen molar-refractivity contribution in [1.29, 1.82) is 0 Å². The normalized spacial score (nSPS) is 25.1. The fourth-order valence-corrected chi connectivity index (χ4v) is 2.75. The molecule has 2 amide bonds. The zero-order chi connectivity index (χ0) is 15.0. The number of hydrogen-bond donors (Lipinski definition) is 1. The van der Waals surface area contributed by atoms with Gasteiger partial charge in [0.2, 0.25) is 5.91 Å². The van der Waals surface area contributed by atoms with Gasteiger partial charge in [0.1, 0.15) is 5.60 Å². The summed E-state index contributed by atoms with van der Waals surface area (Å²) in [5.41, 5.74) is -0.731. The number of carbonyl (C=O) groups excluding carboxylic acids is 2. The van der Waals surface area contributed by atoms with Gasteiger partial charge in [-0.3, -0.25) is 4.79 Å². The minimum absolute atomic E-state index is 0.0601. The van der Waals surface area contributed by atoms with Crippen molar-refractivity contribution < 1.29 is 19.4 Å². The van der Waals surface area contributed by atoms with Gasteiger partial charge in [0.25, 0.3) is 0 Å². The van der Waals surface area contributed by atoms with Gasteiger partial charge in [-0.05, 0) is 26.7 Å². The minimum atomic E-state index is -0.894. The van der Waals surface area contributed by atoms with Crippen molar-refractivity contribution >= 4 is 12.0 Å². The molecule has 3 atom stereocenters. The van der Waals surface area contributed by atoms with Crippen molar-refractivity contribution in [2.45, 2.75) is 52.4 Å². The van der Waals surface area contributed by atoms with Crippen molar-refractivity contribution in [2.24, 2.45) is 11.8 Å². The number of cyclic esters (lactones) is 1. The van der Waals surface area contributed by atoms with Crippen molar-refractivity contribution in [3.8, 4) is 0 Å². The Bertz CT molecular complexity index is 387. The first-order valence-corrected chi connectivity index (χ1v) is 6.50. The molecule has 0 aromatic carbocycles. The van der Waals surface area contributed by atoms with E-state index in [1.54, 1.807) is 13.8 Å². The van der Waals surface area contributed by atoms with Gasteiger partial charge in [-0.2, -0.15) is 0 Å². The standard InChI is InChI=1S/C14H23NO4/c1-7-10(9(4)16)12(17)15-11(8(2)3)14(5,6)19-13(15)18/h7-11,16H,1H2,2-6H3/t9-,10-,11-/m1/s1. The first-order valence-electron chi connectivity index (χ1n) is 6.50. The second-order valence-corrected chi connectivity index (χ2v) is 5.87. The summed E-state index contributed by atoms with van der Waals surface area (Å²) in [6.07, 6.45) is -0.182. The molecule has 5 heteroatoms. The molecule has 1 aliphatic heterocycles. The van der Waals surface area contributed by atoms with E-state index in [4.69, 9.17) is 4.74 Å². The SMILES string of the molecule is C=C[C@@H](C(=O)N1C(=O)OC(C)(C)[C@H]1C(C)C)[C@@H](C)O. The Balaban J connectivity index is 3.12. The van der Waals surface area contributed by atoms with Crippen LogP contribution in [-0.2, 0) is 9.53 Å². The maximum Gasteiger partial charge on any atom is 0.417 e. The molecule has 108 valence electrons. The molecule has 1 rings (SSSR count). The van der Waals surface area contributed by atoms with Crippen molar-refractivity contribution in [3.63, 3.8) is 0 Å². The first kappa shape index (κ1) is 15.7. The van der Waals surface area contributed by atoms with Crippen LogP contribution in [0.15, 0.2) is 12.7 Å². The van der Waals surface area contributed by atoms with Crippen LogP contribution in [0.5, 0.6) is 0 Å². The lowest BCUT2D eigenvalue weighted by atomic mass is 9.88. The molecule has 0 radical (unpaired) electrons. The topological polar surface area (TPSA) is 66.8 Å². The summed E-state index contributed by atoms with van der Waals surface area (Å²) in [5.74, 6) is -1.20. The van der Waals surface area contributed by atoms with E-state index in [2.05, 4.69) is 6.58 Å². The third-order valence-corrected chi connectivity index (χ3v) is 3.47. The molecule has 1 saturated heterocycles. The van der Waals surface area contributed by atoms with Gasteiger partial charge in [-0.25, -0.2) is 9.69 Å². The number of hydrogen-bond acceptors (Lipinski definition) is 4. The Labute approximate surface area is 114 Å². The Morgan fingerprint density at radius 3 is 2.37 bits per heavy atom. The molecule has 1 heterocycles. The molecule has 0 spiro atoms. The predicted octanol–water partition coefficient (Wildman–Crippen LogP) is 1.95. The van der Waals surface area contributed by atoms with E-state index in [9.17, 15) is 14.7 Å². The Kier molecular flexibility index (Phi) is 4.40. The average molecular weight is 269 g/mol. The molecule has 1 aliphatic rings. The van der Waals surface area contributed by atoms with Crippen LogP contribution in [0.4, 0.5) is 4.79 Å². The molecule has 19 heavy (non-hydrogen) atoms. The smallest absolute Gasteiger partial charge is 0.417 e. The summed E-state index contributed by atoms with van der Waals surface area (Å²) in [6, 6.07) is -0.353. The van der Waals surface area contributed by atoms with Crippen molar-refractivity contribution in [1.82, 2.24) is 4.90 Å². The number of nitrogens with zero attached hydrogens (tertiary/aromatic N) is 1. The van der Waals surface area contributed by atoms with Crippen LogP contribution in [0, 0.1) is 11.8 Å². The fraction of sp³-hybridized carbons (Fsp3) is 0.714. The number of ether oxygens (including phenoxy) is 1. The van der Waals surface area contributed by atoms with Crippen LogP contribution in [0.1, 0.15) is 34.6 Å². The quantitative estimate of drug-likeness (QED) is 0.792. The van der Waals surface area contributed by atoms with Gasteiger partial charge in [0, 0.05) is 0 Å². The molecule has 0 saturated carbocycles. The van der Waals surface area contributed by atoms with E-state index >= 15 is 0 Å². The molecular formula is C14H23NO4. The zero-order valence-electron chi connectivity index (χ0n) is 12.2. The molecule has 0 aliphatic carbocycles. The summed E-state index contributed by atoms with van der Waals surface area (Å²) >= 11 is 0. The molecule has 0 aromatic heterocycles. The maximum atomic E-state index is 12.4. The van der Waals surface area contributed by atoms with Crippen LogP contribution in [0.2, 0.25) is 0 Å². The number of amides is 2. The highest BCUT2D eigenvalue weighted by Crippen LogP contribution is 2.35. The van der Waals surface area contributed by atoms with Gasteiger partial charge >= 0.3 is 6.09 Å². The number of carbonyl (C=O) groups is 2. The van der Waals surface area contributed by atoms with Crippen LogP contribution >= 0.6 is 0 Å². The van der Waals surface area contributed by atoms with E-state index in [-0.39, 0.29) is 12.0 Å². The van der Waals surface area contributed by atoms with Gasteiger partial charge in [-0.15, -0.1) is 6.58 Å². The molecule has 5 nitrogen and oxygen atoms in total. The largest absolute Gasteiger partial charge is 0.441 e. The van der Waals surface area contributed by atoms with Gasteiger partial charge < -0.3 is 9.84 Å². The van der Waals surface area contributed by atoms with E-state index in [1.807, 2.05) is 13.8 Å². The van der Waals surface area contributed by atoms with Crippen LogP contribution in [0.25, 0.3) is 0 Å². The monoisotopic (exact) mass is 269 g/mol. The van der Waals surface area contributed by atoms with Gasteiger partial charge in [0.05, 0.1) is 18.1 Å². The van der Waals surface area contributed by atoms with Crippen LogP contribution < -0.4 is 0 Å². The van der Waals surface area contributed by atoms with Crippen LogP contribution in [-0.4, -0.2) is 39.8 Å². The van der Waals surface area contributed by atoms with Crippen molar-refractivity contribution in [3.05, 3.63) is 12.7 Å². The summed E-state index contributed by atoms with van der Waals surface area (Å²) in [4.78, 5) is 25.5. The van der Waals surface area contributed by atoms with Gasteiger partial charge in [-0.1, -0.05) is 19.9 Å². The molecular weight excluding hydrogens is 246 g/mol. The van der Waals surface area contributed by atoms with E-state index < -0.39 is 29.6 Å². The summed E-state index contributed by atoms with van der Waals surface area (Å²) < 4.78 is 5.28. The highest BCUT2D eigenvalue weighted by molar-refractivity contribution is 5.96. The second-order valence-electron chi connectivity index (χ2n) is 5.87. The lowest BCUT2D eigenvalue weighted by molar-refractivity contribution is -0.136. The number of imide groups is 1. The number of rotatable bonds is 4. The lowest BCUT2D eigenvalue weighted by Crippen LogP contribution is -2.50. The first-order chi connectivity index (χ1) is 8.63. The minimum Gasteiger partial charge on any atom is -0.441 e. The van der Waals surface area contributed by atoms with E-state index in [0.29, 0.717) is 0 Å². The Hall–Kier alpha value is -1.36. The molecule has 0 unspecified atom stereocenters. The van der Waals surface area contributed by atoms with Crippen LogP contribution in [0.3, 0.4) is 0 Å². The third-order valence-electron chi connectivity index (χ3n) is 3.47. The maximum absolute atomic E-state index is 12.4. The summed E-state index contributed by atoms with van der Waals surface area (Å²) in [6.45, 7) is 12.5. The Morgan fingerprint density at radius 2 is 2.00 bits per heavy atom. The molecule has 1 N–H and O–H groups in total. The highest BCUT2D eigenvalue weighted by atomic mass is 16.6. The predicted molar refractivity (Wildman–Crippen MR) is 71.4 cm³/mol. The lowest BCUT2D eigenvalue weighted by Gasteiger charge is -2.32. The number of aliphatic hydroxyl groups excluding tert-OH is 1. The average Bonchev–Trinajstić information content (AvgIpc) is 2.47. The summed E-state index contributed by atoms with van der Waals surface area (Å²) in [5, 5.41) is 9.61. The molecule has 1 fully saturated rings. The van der Waals surface area contributed by atoms with Gasteiger partial charge in [0.15, 0.2) is 0 Å². The molecule has 0 bridgehead atoms. The number of aliphatic hydroxyl groups is 1. The third kappa shape index (κ3) is 2.81. The fourth-order valence-electron chi connectivity index (χ4n) is 2.75. The second kappa shape index (κ2) is 5.33. The summed E-state index contributed by atoms with van der Waals surface area (Å²) in [7, 11) is 0. The zero-order valence-corrected chi connectivity index (χ0v) is 12.2. The molecule has 0 aromatic rings. The van der Waals surface area contributed by atoms with Crippen molar-refractivity contribution in [2.75, 3.05) is 0 Å².